The Hall–Kier alpha value is -1.02. The van der Waals surface area contributed by atoms with Crippen LogP contribution < -0.4 is 10.1 Å². The summed E-state index contributed by atoms with van der Waals surface area (Å²) in [6.07, 6.45) is 5.61. The highest BCUT2D eigenvalue weighted by molar-refractivity contribution is 5.37. The molecule has 116 valence electrons. The van der Waals surface area contributed by atoms with Crippen LogP contribution in [0.3, 0.4) is 0 Å². The zero-order valence-electron chi connectivity index (χ0n) is 14.0. The van der Waals surface area contributed by atoms with Crippen LogP contribution in [0.4, 0.5) is 0 Å². The summed E-state index contributed by atoms with van der Waals surface area (Å²) in [6.45, 7) is 10.6. The number of benzene rings is 1. The summed E-state index contributed by atoms with van der Waals surface area (Å²) in [5.41, 5.74) is 2.72. The Morgan fingerprint density at radius 3 is 2.19 bits per heavy atom. The summed E-state index contributed by atoms with van der Waals surface area (Å²) in [6, 6.07) is 8.83. The summed E-state index contributed by atoms with van der Waals surface area (Å²) in [5, 5.41) is 3.74. The third-order valence-corrected chi connectivity index (χ3v) is 5.12. The molecule has 2 fully saturated rings. The minimum absolute atomic E-state index is 0.185. The van der Waals surface area contributed by atoms with E-state index >= 15 is 0 Å². The van der Waals surface area contributed by atoms with Crippen molar-refractivity contribution in [2.24, 2.45) is 5.41 Å². The SMILES string of the molecule is CCOc1ccc(C2(CNC(C)(C)C)CC3(CC3)C2)cc1. The summed E-state index contributed by atoms with van der Waals surface area (Å²) >= 11 is 0. The van der Waals surface area contributed by atoms with Crippen LogP contribution in [0.25, 0.3) is 0 Å². The summed E-state index contributed by atoms with van der Waals surface area (Å²) in [4.78, 5) is 0. The van der Waals surface area contributed by atoms with Crippen LogP contribution in [-0.4, -0.2) is 18.7 Å². The molecule has 0 unspecified atom stereocenters. The molecule has 1 spiro atoms. The Morgan fingerprint density at radius 1 is 1.10 bits per heavy atom. The van der Waals surface area contributed by atoms with Crippen molar-refractivity contribution < 1.29 is 4.74 Å². The number of rotatable bonds is 5. The Labute approximate surface area is 129 Å². The number of hydrogen-bond acceptors (Lipinski definition) is 2. The molecule has 1 N–H and O–H groups in total. The van der Waals surface area contributed by atoms with Gasteiger partial charge in [0.15, 0.2) is 0 Å². The van der Waals surface area contributed by atoms with Crippen molar-refractivity contribution in [3.05, 3.63) is 29.8 Å². The summed E-state index contributed by atoms with van der Waals surface area (Å²) < 4.78 is 5.58. The van der Waals surface area contributed by atoms with Gasteiger partial charge in [-0.1, -0.05) is 12.1 Å². The van der Waals surface area contributed by atoms with Crippen molar-refractivity contribution >= 4 is 0 Å². The second-order valence-corrected chi connectivity index (χ2v) is 8.19. The molecule has 0 radical (unpaired) electrons. The van der Waals surface area contributed by atoms with Crippen molar-refractivity contribution in [1.29, 1.82) is 0 Å². The van der Waals surface area contributed by atoms with Gasteiger partial charge in [-0.15, -0.1) is 0 Å². The third kappa shape index (κ3) is 3.11. The van der Waals surface area contributed by atoms with E-state index in [9.17, 15) is 0 Å². The van der Waals surface area contributed by atoms with E-state index in [1.54, 1.807) is 0 Å². The molecule has 2 aliphatic carbocycles. The van der Waals surface area contributed by atoms with Gasteiger partial charge in [-0.3, -0.25) is 0 Å². The van der Waals surface area contributed by atoms with Crippen molar-refractivity contribution in [3.8, 4) is 5.75 Å². The molecule has 0 saturated heterocycles. The zero-order chi connectivity index (χ0) is 15.1. The van der Waals surface area contributed by atoms with E-state index in [-0.39, 0.29) is 5.54 Å². The maximum absolute atomic E-state index is 5.58. The molecule has 0 heterocycles. The van der Waals surface area contributed by atoms with Gasteiger partial charge in [0, 0.05) is 17.5 Å². The Bertz CT molecular complexity index is 485. The number of hydrogen-bond donors (Lipinski definition) is 1. The molecule has 0 amide bonds. The third-order valence-electron chi connectivity index (χ3n) is 5.12. The quantitative estimate of drug-likeness (QED) is 0.872. The summed E-state index contributed by atoms with van der Waals surface area (Å²) in [5.74, 6) is 0.987. The molecule has 1 aromatic carbocycles. The van der Waals surface area contributed by atoms with Gasteiger partial charge < -0.3 is 10.1 Å². The molecule has 3 rings (SSSR count). The lowest BCUT2D eigenvalue weighted by Crippen LogP contribution is -2.53. The van der Waals surface area contributed by atoms with Gasteiger partial charge in [0.05, 0.1) is 6.61 Å². The Kier molecular flexibility index (Phi) is 3.56. The highest BCUT2D eigenvalue weighted by Gasteiger charge is 2.61. The van der Waals surface area contributed by atoms with Crippen LogP contribution in [0.2, 0.25) is 0 Å². The van der Waals surface area contributed by atoms with Crippen LogP contribution in [0.5, 0.6) is 5.75 Å². The second kappa shape index (κ2) is 5.01. The molecule has 21 heavy (non-hydrogen) atoms. The predicted octanol–water partition coefficient (Wildman–Crippen LogP) is 4.29. The van der Waals surface area contributed by atoms with Crippen molar-refractivity contribution in [2.45, 2.75) is 64.3 Å². The van der Waals surface area contributed by atoms with E-state index in [1.807, 2.05) is 6.92 Å². The van der Waals surface area contributed by atoms with Crippen LogP contribution in [0.1, 0.15) is 58.9 Å². The maximum atomic E-state index is 5.58. The van der Waals surface area contributed by atoms with Crippen LogP contribution in [0.15, 0.2) is 24.3 Å². The molecule has 2 nitrogen and oxygen atoms in total. The Balaban J connectivity index is 1.75. The lowest BCUT2D eigenvalue weighted by Gasteiger charge is -2.50. The lowest BCUT2D eigenvalue weighted by atomic mass is 9.56. The van der Waals surface area contributed by atoms with Gasteiger partial charge in [0.25, 0.3) is 0 Å². The van der Waals surface area contributed by atoms with E-state index in [0.717, 1.165) is 18.9 Å². The van der Waals surface area contributed by atoms with Crippen LogP contribution in [0, 0.1) is 5.41 Å². The minimum Gasteiger partial charge on any atom is -0.494 e. The van der Waals surface area contributed by atoms with E-state index in [2.05, 4.69) is 50.4 Å². The molecule has 1 aromatic rings. The fourth-order valence-electron chi connectivity index (χ4n) is 3.85. The normalized spacial score (nSPS) is 21.9. The molecule has 2 aliphatic rings. The smallest absolute Gasteiger partial charge is 0.119 e. The van der Waals surface area contributed by atoms with E-state index in [4.69, 9.17) is 4.74 Å². The standard InChI is InChI=1S/C19H29NO/c1-5-21-16-8-6-15(7-9-16)19(14-20-17(2,3)4)12-18(13-19)10-11-18/h6-9,20H,5,10-14H2,1-4H3. The highest BCUT2D eigenvalue weighted by atomic mass is 16.5. The number of nitrogens with one attached hydrogen (secondary N) is 1. The van der Waals surface area contributed by atoms with Gasteiger partial charge in [-0.2, -0.15) is 0 Å². The molecule has 0 atom stereocenters. The molecule has 2 heteroatoms. The minimum atomic E-state index is 0.185. The summed E-state index contributed by atoms with van der Waals surface area (Å²) in [7, 11) is 0. The topological polar surface area (TPSA) is 21.3 Å². The average molecular weight is 287 g/mol. The highest BCUT2D eigenvalue weighted by Crippen LogP contribution is 2.68. The first kappa shape index (κ1) is 14.9. The fraction of sp³-hybridized carbons (Fsp3) is 0.684. The van der Waals surface area contributed by atoms with E-state index in [0.29, 0.717) is 10.8 Å². The lowest BCUT2D eigenvalue weighted by molar-refractivity contribution is 0.108. The second-order valence-electron chi connectivity index (χ2n) is 8.19. The zero-order valence-corrected chi connectivity index (χ0v) is 14.0. The first-order valence-electron chi connectivity index (χ1n) is 8.35. The fourth-order valence-corrected chi connectivity index (χ4v) is 3.85. The van der Waals surface area contributed by atoms with Crippen molar-refractivity contribution in [3.63, 3.8) is 0 Å². The van der Waals surface area contributed by atoms with Gasteiger partial charge in [0.1, 0.15) is 5.75 Å². The van der Waals surface area contributed by atoms with E-state index < -0.39 is 0 Å². The average Bonchev–Trinajstić information content (AvgIpc) is 3.15. The maximum Gasteiger partial charge on any atom is 0.119 e. The van der Waals surface area contributed by atoms with Crippen LogP contribution >= 0.6 is 0 Å². The molecular formula is C19H29NO. The molecule has 0 aliphatic heterocycles. The first-order valence-corrected chi connectivity index (χ1v) is 8.35. The first-order chi connectivity index (χ1) is 9.87. The molecule has 2 saturated carbocycles. The van der Waals surface area contributed by atoms with Gasteiger partial charge >= 0.3 is 0 Å². The van der Waals surface area contributed by atoms with Gasteiger partial charge in [-0.25, -0.2) is 0 Å². The largest absolute Gasteiger partial charge is 0.494 e. The monoisotopic (exact) mass is 287 g/mol. The number of ether oxygens (including phenoxy) is 1. The predicted molar refractivity (Wildman–Crippen MR) is 87.9 cm³/mol. The molecule has 0 bridgehead atoms. The molecular weight excluding hydrogens is 258 g/mol. The molecule has 0 aromatic heterocycles. The van der Waals surface area contributed by atoms with Gasteiger partial charge in [-0.05, 0) is 76.5 Å². The van der Waals surface area contributed by atoms with E-state index in [1.165, 1.54) is 31.2 Å². The van der Waals surface area contributed by atoms with Crippen molar-refractivity contribution in [2.75, 3.05) is 13.2 Å². The van der Waals surface area contributed by atoms with Crippen LogP contribution in [-0.2, 0) is 5.41 Å². The Morgan fingerprint density at radius 2 is 1.71 bits per heavy atom. The van der Waals surface area contributed by atoms with Crippen molar-refractivity contribution in [1.82, 2.24) is 5.32 Å². The van der Waals surface area contributed by atoms with Gasteiger partial charge in [0.2, 0.25) is 0 Å².